The van der Waals surface area contributed by atoms with Crippen molar-refractivity contribution in [3.63, 3.8) is 0 Å². The summed E-state index contributed by atoms with van der Waals surface area (Å²) in [4.78, 5) is 28.0. The van der Waals surface area contributed by atoms with Crippen LogP contribution in [0.15, 0.2) is 24.3 Å². The summed E-state index contributed by atoms with van der Waals surface area (Å²) >= 11 is 5.96. The number of fused-ring (bicyclic) bond motifs is 1. The zero-order chi connectivity index (χ0) is 19.2. The third-order valence-electron chi connectivity index (χ3n) is 5.74. The molecular formula is C21H30ClN3O2. The summed E-state index contributed by atoms with van der Waals surface area (Å²) in [6.45, 7) is 4.41. The van der Waals surface area contributed by atoms with Crippen LogP contribution in [-0.2, 0) is 4.79 Å². The van der Waals surface area contributed by atoms with Crippen molar-refractivity contribution in [1.29, 1.82) is 0 Å². The smallest absolute Gasteiger partial charge is 0.254 e. The van der Waals surface area contributed by atoms with Gasteiger partial charge >= 0.3 is 0 Å². The molecule has 1 saturated heterocycles. The molecule has 3 rings (SSSR count). The minimum Gasteiger partial charge on any atom is -0.353 e. The number of halogens is 1. The third kappa shape index (κ3) is 4.82. The maximum Gasteiger partial charge on any atom is 0.254 e. The Morgan fingerprint density at radius 3 is 2.59 bits per heavy atom. The van der Waals surface area contributed by atoms with Gasteiger partial charge in [0.1, 0.15) is 6.04 Å². The molecule has 1 aliphatic carbocycles. The normalized spacial score (nSPS) is 24.5. The number of carbonyl (C=O) groups excluding carboxylic acids is 2. The fourth-order valence-corrected chi connectivity index (χ4v) is 4.55. The topological polar surface area (TPSA) is 61.4 Å². The number of hydrogen-bond donors (Lipinski definition) is 2. The van der Waals surface area contributed by atoms with Gasteiger partial charge in [-0.1, -0.05) is 31.4 Å². The van der Waals surface area contributed by atoms with Gasteiger partial charge in [-0.3, -0.25) is 9.59 Å². The van der Waals surface area contributed by atoms with Crippen LogP contribution in [0.5, 0.6) is 0 Å². The van der Waals surface area contributed by atoms with Crippen molar-refractivity contribution in [1.82, 2.24) is 15.5 Å². The van der Waals surface area contributed by atoms with Crippen molar-refractivity contribution in [2.24, 2.45) is 5.92 Å². The Bertz CT molecular complexity index is 649. The van der Waals surface area contributed by atoms with Gasteiger partial charge in [-0.25, -0.2) is 0 Å². The number of rotatable bonds is 7. The molecule has 0 aromatic heterocycles. The Balaban J connectivity index is 1.71. The highest BCUT2D eigenvalue weighted by Gasteiger charge is 2.47. The van der Waals surface area contributed by atoms with E-state index in [-0.39, 0.29) is 23.9 Å². The molecule has 5 nitrogen and oxygen atoms in total. The predicted octanol–water partition coefficient (Wildman–Crippen LogP) is 3.23. The van der Waals surface area contributed by atoms with E-state index in [4.69, 9.17) is 11.6 Å². The van der Waals surface area contributed by atoms with Crippen LogP contribution >= 0.6 is 11.6 Å². The van der Waals surface area contributed by atoms with Gasteiger partial charge in [0.2, 0.25) is 5.91 Å². The fourth-order valence-electron chi connectivity index (χ4n) is 4.42. The third-order valence-corrected chi connectivity index (χ3v) is 6.00. The van der Waals surface area contributed by atoms with E-state index in [0.717, 1.165) is 45.2 Å². The highest BCUT2D eigenvalue weighted by atomic mass is 35.5. The number of carbonyl (C=O) groups is 2. The molecule has 2 N–H and O–H groups in total. The van der Waals surface area contributed by atoms with E-state index in [0.29, 0.717) is 23.0 Å². The van der Waals surface area contributed by atoms with Crippen molar-refractivity contribution in [2.75, 3.05) is 19.6 Å². The van der Waals surface area contributed by atoms with E-state index < -0.39 is 0 Å². The Kier molecular flexibility index (Phi) is 7.13. The van der Waals surface area contributed by atoms with Crippen LogP contribution < -0.4 is 10.6 Å². The summed E-state index contributed by atoms with van der Waals surface area (Å²) in [6, 6.07) is 6.79. The molecule has 3 unspecified atom stereocenters. The summed E-state index contributed by atoms with van der Waals surface area (Å²) in [7, 11) is 0. The van der Waals surface area contributed by atoms with Gasteiger partial charge in [-0.2, -0.15) is 0 Å². The van der Waals surface area contributed by atoms with Gasteiger partial charge in [0.05, 0.1) is 0 Å². The molecule has 148 valence electrons. The summed E-state index contributed by atoms with van der Waals surface area (Å²) in [5.74, 6) is 0.360. The molecule has 1 aromatic carbocycles. The zero-order valence-electron chi connectivity index (χ0n) is 16.0. The van der Waals surface area contributed by atoms with E-state index in [9.17, 15) is 9.59 Å². The highest BCUT2D eigenvalue weighted by Crippen LogP contribution is 2.40. The van der Waals surface area contributed by atoms with Crippen molar-refractivity contribution in [3.8, 4) is 0 Å². The number of nitrogens with one attached hydrogen (secondary N) is 2. The van der Waals surface area contributed by atoms with Crippen LogP contribution in [0, 0.1) is 5.92 Å². The zero-order valence-corrected chi connectivity index (χ0v) is 16.8. The Labute approximate surface area is 166 Å². The molecule has 1 aliphatic heterocycles. The number of hydrogen-bond acceptors (Lipinski definition) is 3. The molecule has 2 amide bonds. The Morgan fingerprint density at radius 2 is 1.85 bits per heavy atom. The van der Waals surface area contributed by atoms with Crippen LogP contribution in [0.1, 0.15) is 55.8 Å². The molecular weight excluding hydrogens is 362 g/mol. The minimum atomic E-state index is -0.368. The molecule has 0 bridgehead atoms. The summed E-state index contributed by atoms with van der Waals surface area (Å²) < 4.78 is 0. The molecule has 0 radical (unpaired) electrons. The van der Waals surface area contributed by atoms with Crippen molar-refractivity contribution in [2.45, 2.75) is 57.5 Å². The monoisotopic (exact) mass is 391 g/mol. The first-order valence-electron chi connectivity index (χ1n) is 10.2. The lowest BCUT2D eigenvalue weighted by Gasteiger charge is -2.33. The van der Waals surface area contributed by atoms with Crippen molar-refractivity contribution in [3.05, 3.63) is 34.9 Å². The minimum absolute atomic E-state index is 0.0231. The lowest BCUT2D eigenvalue weighted by atomic mass is 9.84. The molecule has 1 heterocycles. The SMILES string of the molecule is CCCNCCNC(=O)C1CC2CCCCC2N1C(=O)c1ccc(Cl)cc1. The maximum absolute atomic E-state index is 13.2. The highest BCUT2D eigenvalue weighted by molar-refractivity contribution is 6.30. The molecule has 3 atom stereocenters. The van der Waals surface area contributed by atoms with E-state index >= 15 is 0 Å². The first-order chi connectivity index (χ1) is 13.1. The van der Waals surface area contributed by atoms with Crippen molar-refractivity contribution < 1.29 is 9.59 Å². The first kappa shape index (κ1) is 20.2. The predicted molar refractivity (Wildman–Crippen MR) is 108 cm³/mol. The number of nitrogens with zero attached hydrogens (tertiary/aromatic N) is 1. The molecule has 2 fully saturated rings. The van der Waals surface area contributed by atoms with Gasteiger partial charge in [-0.15, -0.1) is 0 Å². The molecule has 1 saturated carbocycles. The second-order valence-corrected chi connectivity index (χ2v) is 8.06. The average molecular weight is 392 g/mol. The summed E-state index contributed by atoms with van der Waals surface area (Å²) in [5, 5.41) is 6.92. The van der Waals surface area contributed by atoms with E-state index in [1.807, 2.05) is 4.90 Å². The largest absolute Gasteiger partial charge is 0.353 e. The molecule has 2 aliphatic rings. The molecule has 1 aromatic rings. The number of likely N-dealkylation sites (tertiary alicyclic amines) is 1. The second kappa shape index (κ2) is 9.56. The Hall–Kier alpha value is -1.59. The van der Waals surface area contributed by atoms with E-state index in [1.54, 1.807) is 24.3 Å². The summed E-state index contributed by atoms with van der Waals surface area (Å²) in [5.41, 5.74) is 0.605. The lowest BCUT2D eigenvalue weighted by molar-refractivity contribution is -0.125. The standard InChI is InChI=1S/C21H30ClN3O2/c1-2-11-23-12-13-24-20(26)19-14-16-5-3-4-6-18(16)25(19)21(27)15-7-9-17(22)10-8-15/h7-10,16,18-19,23H,2-6,11-14H2,1H3,(H,24,26). The Morgan fingerprint density at radius 1 is 1.11 bits per heavy atom. The molecule has 6 heteroatoms. The fraction of sp³-hybridized carbons (Fsp3) is 0.619. The average Bonchev–Trinajstić information content (AvgIpc) is 3.07. The van der Waals surface area contributed by atoms with E-state index in [2.05, 4.69) is 17.6 Å². The van der Waals surface area contributed by atoms with Crippen LogP contribution in [0.25, 0.3) is 0 Å². The molecule has 0 spiro atoms. The lowest BCUT2D eigenvalue weighted by Crippen LogP contribution is -2.50. The van der Waals surface area contributed by atoms with Crippen LogP contribution in [-0.4, -0.2) is 48.4 Å². The summed E-state index contributed by atoms with van der Waals surface area (Å²) in [6.07, 6.45) is 6.27. The van der Waals surface area contributed by atoms with Gasteiger partial charge < -0.3 is 15.5 Å². The van der Waals surface area contributed by atoms with Crippen LogP contribution in [0.4, 0.5) is 0 Å². The maximum atomic E-state index is 13.2. The number of benzene rings is 1. The van der Waals surface area contributed by atoms with Crippen LogP contribution in [0.3, 0.4) is 0 Å². The quantitative estimate of drug-likeness (QED) is 0.701. The van der Waals surface area contributed by atoms with Gasteiger partial charge in [0.25, 0.3) is 5.91 Å². The van der Waals surface area contributed by atoms with Gasteiger partial charge in [0.15, 0.2) is 0 Å². The van der Waals surface area contributed by atoms with Crippen LogP contribution in [0.2, 0.25) is 5.02 Å². The number of amides is 2. The first-order valence-corrected chi connectivity index (χ1v) is 10.6. The van der Waals surface area contributed by atoms with Gasteiger partial charge in [0, 0.05) is 29.7 Å². The van der Waals surface area contributed by atoms with E-state index in [1.165, 1.54) is 6.42 Å². The molecule has 27 heavy (non-hydrogen) atoms. The van der Waals surface area contributed by atoms with Gasteiger partial charge in [-0.05, 0) is 62.4 Å². The second-order valence-electron chi connectivity index (χ2n) is 7.62. The van der Waals surface area contributed by atoms with Crippen molar-refractivity contribution >= 4 is 23.4 Å².